The summed E-state index contributed by atoms with van der Waals surface area (Å²) in [6.07, 6.45) is 0. The minimum absolute atomic E-state index is 0.0831. The molecule has 0 radical (unpaired) electrons. The highest BCUT2D eigenvalue weighted by Gasteiger charge is 2.17. The van der Waals surface area contributed by atoms with E-state index in [1.165, 1.54) is 37.4 Å². The van der Waals surface area contributed by atoms with Crippen molar-refractivity contribution in [3.63, 3.8) is 0 Å². The highest BCUT2D eigenvalue weighted by Crippen LogP contribution is 2.37. The molecule has 0 atom stereocenters. The number of nitro groups is 1. The fourth-order valence-corrected chi connectivity index (χ4v) is 2.48. The predicted octanol–water partition coefficient (Wildman–Crippen LogP) is 3.98. The Morgan fingerprint density at radius 1 is 1.25 bits per heavy atom. The molecule has 0 heterocycles. The van der Waals surface area contributed by atoms with Gasteiger partial charge in [-0.25, -0.2) is 4.79 Å². The fourth-order valence-electron chi connectivity index (χ4n) is 1.92. The number of carbonyl (C=O) groups excluding carboxylic acids is 1. The second kappa shape index (κ2) is 7.78. The molecule has 0 saturated heterocycles. The normalized spacial score (nSPS) is 10.1. The Kier molecular flexibility index (Phi) is 5.75. The molecule has 7 nitrogen and oxygen atoms in total. The van der Waals surface area contributed by atoms with Gasteiger partial charge in [-0.2, -0.15) is 0 Å². The van der Waals surface area contributed by atoms with Gasteiger partial charge in [-0.1, -0.05) is 0 Å². The number of non-ortho nitro benzene ring substituents is 1. The van der Waals surface area contributed by atoms with Crippen molar-refractivity contribution in [1.82, 2.24) is 0 Å². The van der Waals surface area contributed by atoms with Crippen LogP contribution < -0.4 is 14.2 Å². The van der Waals surface area contributed by atoms with Gasteiger partial charge in [0.15, 0.2) is 11.5 Å². The van der Waals surface area contributed by atoms with E-state index in [-0.39, 0.29) is 17.0 Å². The Labute approximate surface area is 146 Å². The Morgan fingerprint density at radius 3 is 2.46 bits per heavy atom. The zero-order valence-electron chi connectivity index (χ0n) is 12.9. The van der Waals surface area contributed by atoms with Crippen molar-refractivity contribution in [3.8, 4) is 17.2 Å². The Balaban J connectivity index is 2.23. The van der Waals surface area contributed by atoms with E-state index in [1.54, 1.807) is 6.07 Å². The molecule has 24 heavy (non-hydrogen) atoms. The molecule has 0 aromatic heterocycles. The van der Waals surface area contributed by atoms with Gasteiger partial charge in [0.05, 0.1) is 28.7 Å². The lowest BCUT2D eigenvalue weighted by atomic mass is 10.2. The number of halogens is 1. The first-order chi connectivity index (χ1) is 11.5. The zero-order valence-corrected chi connectivity index (χ0v) is 14.5. The summed E-state index contributed by atoms with van der Waals surface area (Å²) in [6.45, 7) is 2.28. The summed E-state index contributed by atoms with van der Waals surface area (Å²) >= 11 is 3.33. The van der Waals surface area contributed by atoms with Gasteiger partial charge in [0.2, 0.25) is 0 Å². The van der Waals surface area contributed by atoms with Crippen LogP contribution in [0.4, 0.5) is 5.69 Å². The van der Waals surface area contributed by atoms with Gasteiger partial charge in [-0.05, 0) is 47.1 Å². The highest BCUT2D eigenvalue weighted by atomic mass is 79.9. The number of hydrogen-bond acceptors (Lipinski definition) is 6. The number of methoxy groups -OCH3 is 1. The van der Waals surface area contributed by atoms with Crippen LogP contribution in [0.5, 0.6) is 17.2 Å². The molecule has 0 bridgehead atoms. The van der Waals surface area contributed by atoms with E-state index in [2.05, 4.69) is 15.9 Å². The topological polar surface area (TPSA) is 87.9 Å². The first-order valence-electron chi connectivity index (χ1n) is 6.93. The van der Waals surface area contributed by atoms with E-state index in [0.29, 0.717) is 22.6 Å². The number of nitro benzene ring substituents is 1. The largest absolute Gasteiger partial charge is 0.493 e. The molecular weight excluding hydrogens is 382 g/mol. The van der Waals surface area contributed by atoms with Crippen LogP contribution in [0.3, 0.4) is 0 Å². The lowest BCUT2D eigenvalue weighted by molar-refractivity contribution is -0.384. The third-order valence-electron chi connectivity index (χ3n) is 3.01. The summed E-state index contributed by atoms with van der Waals surface area (Å²) in [6, 6.07) is 8.30. The summed E-state index contributed by atoms with van der Waals surface area (Å²) in [5.74, 6) is 0.467. The van der Waals surface area contributed by atoms with E-state index >= 15 is 0 Å². The van der Waals surface area contributed by atoms with Crippen molar-refractivity contribution in [2.45, 2.75) is 6.92 Å². The molecule has 0 spiro atoms. The minimum Gasteiger partial charge on any atom is -0.493 e. The van der Waals surface area contributed by atoms with Gasteiger partial charge < -0.3 is 14.2 Å². The standard InChI is InChI=1S/C16H14BrNO6/c1-3-23-15-13(17)8-10(9-14(15)22-2)16(19)24-12-6-4-11(5-7-12)18(20)21/h4-9H,3H2,1-2H3. The van der Waals surface area contributed by atoms with Crippen LogP contribution in [0.1, 0.15) is 17.3 Å². The van der Waals surface area contributed by atoms with E-state index in [0.717, 1.165) is 0 Å². The third-order valence-corrected chi connectivity index (χ3v) is 3.60. The van der Waals surface area contributed by atoms with Crippen molar-refractivity contribution in [3.05, 3.63) is 56.5 Å². The van der Waals surface area contributed by atoms with E-state index < -0.39 is 10.9 Å². The first kappa shape index (κ1) is 17.7. The summed E-state index contributed by atoms with van der Waals surface area (Å²) < 4.78 is 16.4. The smallest absolute Gasteiger partial charge is 0.343 e. The molecule has 0 fully saturated rings. The Bertz CT molecular complexity index is 760. The molecule has 2 rings (SSSR count). The van der Waals surface area contributed by atoms with Crippen LogP contribution >= 0.6 is 15.9 Å². The second-order valence-electron chi connectivity index (χ2n) is 4.56. The quantitative estimate of drug-likeness (QED) is 0.318. The third kappa shape index (κ3) is 4.02. The van der Waals surface area contributed by atoms with E-state index in [9.17, 15) is 14.9 Å². The number of esters is 1. The van der Waals surface area contributed by atoms with Gasteiger partial charge in [0, 0.05) is 12.1 Å². The molecule has 0 unspecified atom stereocenters. The molecule has 0 saturated carbocycles. The SMILES string of the molecule is CCOc1c(Br)cc(C(=O)Oc2ccc([N+](=O)[O-])cc2)cc1OC. The van der Waals surface area contributed by atoms with E-state index in [1.807, 2.05) is 6.92 Å². The minimum atomic E-state index is -0.620. The molecule has 0 amide bonds. The lowest BCUT2D eigenvalue weighted by Gasteiger charge is -2.13. The van der Waals surface area contributed by atoms with Crippen LogP contribution in [-0.4, -0.2) is 24.6 Å². The van der Waals surface area contributed by atoms with Crippen molar-refractivity contribution < 1.29 is 23.9 Å². The van der Waals surface area contributed by atoms with E-state index in [4.69, 9.17) is 14.2 Å². The summed E-state index contributed by atoms with van der Waals surface area (Å²) in [5, 5.41) is 10.6. The van der Waals surface area contributed by atoms with Gasteiger partial charge in [0.25, 0.3) is 5.69 Å². The number of rotatable bonds is 6. The maximum atomic E-state index is 12.2. The molecule has 2 aromatic rings. The molecule has 2 aromatic carbocycles. The first-order valence-corrected chi connectivity index (χ1v) is 7.72. The maximum absolute atomic E-state index is 12.2. The average Bonchev–Trinajstić information content (AvgIpc) is 2.57. The number of benzene rings is 2. The van der Waals surface area contributed by atoms with Crippen molar-refractivity contribution in [2.24, 2.45) is 0 Å². The summed E-state index contributed by atoms with van der Waals surface area (Å²) in [5.41, 5.74) is 0.167. The number of hydrogen-bond donors (Lipinski definition) is 0. The van der Waals surface area contributed by atoms with Crippen LogP contribution in [0.25, 0.3) is 0 Å². The van der Waals surface area contributed by atoms with Gasteiger partial charge in [0.1, 0.15) is 5.75 Å². The molecule has 0 aliphatic rings. The summed E-state index contributed by atoms with van der Waals surface area (Å²) in [4.78, 5) is 22.3. The van der Waals surface area contributed by atoms with Crippen molar-refractivity contribution in [2.75, 3.05) is 13.7 Å². The second-order valence-corrected chi connectivity index (χ2v) is 5.42. The van der Waals surface area contributed by atoms with Gasteiger partial charge in [-0.3, -0.25) is 10.1 Å². The van der Waals surface area contributed by atoms with Crippen LogP contribution in [-0.2, 0) is 0 Å². The fraction of sp³-hybridized carbons (Fsp3) is 0.188. The van der Waals surface area contributed by atoms with Crippen LogP contribution in [0, 0.1) is 10.1 Å². The number of ether oxygens (including phenoxy) is 3. The average molecular weight is 396 g/mol. The number of carbonyl (C=O) groups is 1. The van der Waals surface area contributed by atoms with Crippen LogP contribution in [0.2, 0.25) is 0 Å². The highest BCUT2D eigenvalue weighted by molar-refractivity contribution is 9.10. The Morgan fingerprint density at radius 2 is 1.92 bits per heavy atom. The maximum Gasteiger partial charge on any atom is 0.343 e. The van der Waals surface area contributed by atoms with Crippen LogP contribution in [0.15, 0.2) is 40.9 Å². The number of nitrogens with zero attached hydrogens (tertiary/aromatic N) is 1. The zero-order chi connectivity index (χ0) is 17.7. The molecule has 8 heteroatoms. The predicted molar refractivity (Wildman–Crippen MR) is 89.9 cm³/mol. The molecule has 0 N–H and O–H groups in total. The molecule has 126 valence electrons. The monoisotopic (exact) mass is 395 g/mol. The van der Waals surface area contributed by atoms with Crippen molar-refractivity contribution >= 4 is 27.6 Å². The van der Waals surface area contributed by atoms with Gasteiger partial charge >= 0.3 is 5.97 Å². The summed E-state index contributed by atoms with van der Waals surface area (Å²) in [7, 11) is 1.47. The van der Waals surface area contributed by atoms with Gasteiger partial charge in [-0.15, -0.1) is 0 Å². The lowest BCUT2D eigenvalue weighted by Crippen LogP contribution is -2.09. The molecular formula is C16H14BrNO6. The molecule has 0 aliphatic heterocycles. The molecule has 0 aliphatic carbocycles. The Hall–Kier alpha value is -2.61. The van der Waals surface area contributed by atoms with Crippen molar-refractivity contribution in [1.29, 1.82) is 0 Å².